The first-order valence-electron chi connectivity index (χ1n) is 7.18. The molecule has 1 rings (SSSR count). The van der Waals surface area contributed by atoms with Crippen LogP contribution in [0.4, 0.5) is 13.2 Å². The summed E-state index contributed by atoms with van der Waals surface area (Å²) in [4.78, 5) is 13.9. The molecule has 0 bridgehead atoms. The second-order valence-electron chi connectivity index (χ2n) is 6.06. The minimum atomic E-state index is -5.03. The number of hydrogen-bond donors (Lipinski definition) is 1. The molecule has 0 aliphatic heterocycles. The number of carbonyl (C=O) groups excluding carboxylic acids is 1. The van der Waals surface area contributed by atoms with Gasteiger partial charge < -0.3 is 19.5 Å². The minimum Gasteiger partial charge on any atom is -0.460 e. The van der Waals surface area contributed by atoms with E-state index >= 15 is 0 Å². The molecule has 0 aromatic heterocycles. The lowest BCUT2D eigenvalue weighted by Gasteiger charge is -2.34. The molecule has 0 radical (unpaired) electrons. The van der Waals surface area contributed by atoms with Gasteiger partial charge in [0.1, 0.15) is 12.2 Å². The predicted molar refractivity (Wildman–Crippen MR) is 81.3 cm³/mol. The zero-order valence-corrected chi connectivity index (χ0v) is 14.1. The topological polar surface area (TPSA) is 59.0 Å². The number of hydrogen-bond acceptors (Lipinski definition) is 5. The fraction of sp³-hybridized carbons (Fsp3) is 0.562. The predicted octanol–water partition coefficient (Wildman–Crippen LogP) is 1.95. The minimum absolute atomic E-state index is 0.109. The number of carbonyl (C=O) groups is 1. The third-order valence-electron chi connectivity index (χ3n) is 3.34. The van der Waals surface area contributed by atoms with Crippen molar-refractivity contribution in [2.75, 3.05) is 34.4 Å². The second-order valence-corrected chi connectivity index (χ2v) is 6.06. The third-order valence-corrected chi connectivity index (χ3v) is 3.34. The van der Waals surface area contributed by atoms with E-state index in [-0.39, 0.29) is 6.54 Å². The summed E-state index contributed by atoms with van der Waals surface area (Å²) >= 11 is 0. The maximum atomic E-state index is 13.6. The van der Waals surface area contributed by atoms with Gasteiger partial charge in [0.05, 0.1) is 0 Å². The zero-order chi connectivity index (χ0) is 18.6. The number of aliphatic hydroxyl groups is 1. The number of alkyl halides is 3. The fourth-order valence-electron chi connectivity index (χ4n) is 2.44. The van der Waals surface area contributed by atoms with Crippen LogP contribution in [-0.2, 0) is 19.9 Å². The Hall–Kier alpha value is -1.64. The molecule has 0 heterocycles. The average Bonchev–Trinajstić information content (AvgIpc) is 2.45. The van der Waals surface area contributed by atoms with Crippen LogP contribution in [-0.4, -0.2) is 62.1 Å². The van der Waals surface area contributed by atoms with Crippen LogP contribution in [0.2, 0.25) is 0 Å². The van der Waals surface area contributed by atoms with Crippen molar-refractivity contribution >= 4 is 5.97 Å². The van der Waals surface area contributed by atoms with Gasteiger partial charge in [-0.2, -0.15) is 13.2 Å². The van der Waals surface area contributed by atoms with E-state index in [9.17, 15) is 23.1 Å². The van der Waals surface area contributed by atoms with Crippen molar-refractivity contribution in [2.45, 2.75) is 24.3 Å². The summed E-state index contributed by atoms with van der Waals surface area (Å²) in [6.45, 7) is 0.876. The number of benzene rings is 1. The Morgan fingerprint density at radius 1 is 1.21 bits per heavy atom. The smallest absolute Gasteiger partial charge is 0.432 e. The Balaban J connectivity index is 3.11. The Labute approximate surface area is 139 Å². The molecule has 1 aromatic rings. The maximum Gasteiger partial charge on any atom is 0.432 e. The molecule has 0 aliphatic rings. The fourth-order valence-corrected chi connectivity index (χ4v) is 2.44. The van der Waals surface area contributed by atoms with Crippen LogP contribution < -0.4 is 0 Å². The number of likely N-dealkylation sites (N-methyl/N-ethyl adjacent to an activating group) is 1. The normalized spacial score (nSPS) is 17.2. The number of halogens is 3. The molecule has 136 valence electrons. The zero-order valence-electron chi connectivity index (χ0n) is 14.1. The molecule has 5 nitrogen and oxygen atoms in total. The molecule has 0 saturated carbocycles. The first-order chi connectivity index (χ1) is 11.0. The van der Waals surface area contributed by atoms with Crippen molar-refractivity contribution in [2.24, 2.45) is 0 Å². The van der Waals surface area contributed by atoms with Gasteiger partial charge in [-0.3, -0.25) is 0 Å². The van der Waals surface area contributed by atoms with Crippen LogP contribution in [0.15, 0.2) is 30.3 Å². The SMILES string of the molecule is CO[C@](C(=O)OC[C@@](C)(O)CN(C)C)(c1ccccc1)C(F)(F)F. The van der Waals surface area contributed by atoms with Gasteiger partial charge in [-0.1, -0.05) is 30.3 Å². The highest BCUT2D eigenvalue weighted by molar-refractivity contribution is 5.82. The standard InChI is InChI=1S/C16H22F3NO4/c1-14(22,10-20(2)3)11-24-13(21)15(23-4,16(17,18)19)12-8-6-5-7-9-12/h5-9,22H,10-11H2,1-4H3/t14-,15-/m0/s1. The molecule has 1 N–H and O–H groups in total. The van der Waals surface area contributed by atoms with Gasteiger partial charge in [0.15, 0.2) is 0 Å². The Morgan fingerprint density at radius 2 is 1.75 bits per heavy atom. The Kier molecular flexibility index (Phi) is 6.38. The number of methoxy groups -OCH3 is 1. The van der Waals surface area contributed by atoms with Gasteiger partial charge in [-0.05, 0) is 21.0 Å². The van der Waals surface area contributed by atoms with Gasteiger partial charge in [-0.15, -0.1) is 0 Å². The van der Waals surface area contributed by atoms with E-state index in [1.807, 2.05) is 0 Å². The van der Waals surface area contributed by atoms with Crippen LogP contribution in [0.3, 0.4) is 0 Å². The summed E-state index contributed by atoms with van der Waals surface area (Å²) in [6, 6.07) is 6.52. The number of rotatable bonds is 7. The van der Waals surface area contributed by atoms with E-state index in [4.69, 9.17) is 4.74 Å². The molecule has 24 heavy (non-hydrogen) atoms. The summed E-state index contributed by atoms with van der Waals surface area (Å²) in [6.07, 6.45) is -5.03. The lowest BCUT2D eigenvalue weighted by atomic mass is 9.92. The molecule has 0 unspecified atom stereocenters. The molecule has 0 fully saturated rings. The number of nitrogens with zero attached hydrogens (tertiary/aromatic N) is 1. The van der Waals surface area contributed by atoms with E-state index in [0.717, 1.165) is 19.2 Å². The summed E-state index contributed by atoms with van der Waals surface area (Å²) in [5, 5.41) is 10.1. The van der Waals surface area contributed by atoms with Crippen LogP contribution in [0.25, 0.3) is 0 Å². The van der Waals surface area contributed by atoms with Crippen LogP contribution in [0, 0.1) is 0 Å². The summed E-state index contributed by atoms with van der Waals surface area (Å²) in [5.41, 5.74) is -5.14. The quantitative estimate of drug-likeness (QED) is 0.763. The Morgan fingerprint density at radius 3 is 2.17 bits per heavy atom. The Bertz CT molecular complexity index is 546. The first kappa shape index (κ1) is 20.4. The van der Waals surface area contributed by atoms with E-state index in [1.165, 1.54) is 25.1 Å². The molecular formula is C16H22F3NO4. The van der Waals surface area contributed by atoms with Gasteiger partial charge in [-0.25, -0.2) is 4.79 Å². The number of ether oxygens (including phenoxy) is 2. The number of esters is 1. The van der Waals surface area contributed by atoms with Crippen molar-refractivity contribution in [3.8, 4) is 0 Å². The van der Waals surface area contributed by atoms with Crippen molar-refractivity contribution in [1.29, 1.82) is 0 Å². The second kappa shape index (κ2) is 7.50. The first-order valence-corrected chi connectivity index (χ1v) is 7.18. The molecule has 0 saturated heterocycles. The molecule has 0 spiro atoms. The summed E-state index contributed by atoms with van der Waals surface area (Å²) in [7, 11) is 4.14. The van der Waals surface area contributed by atoms with E-state index in [2.05, 4.69) is 4.74 Å². The average molecular weight is 349 g/mol. The highest BCUT2D eigenvalue weighted by atomic mass is 19.4. The van der Waals surface area contributed by atoms with Gasteiger partial charge in [0.25, 0.3) is 5.60 Å². The van der Waals surface area contributed by atoms with Crippen molar-refractivity contribution in [3.05, 3.63) is 35.9 Å². The molecule has 0 aliphatic carbocycles. The largest absolute Gasteiger partial charge is 0.460 e. The monoisotopic (exact) mass is 349 g/mol. The van der Waals surface area contributed by atoms with Crippen LogP contribution in [0.5, 0.6) is 0 Å². The van der Waals surface area contributed by atoms with E-state index < -0.39 is 35.5 Å². The molecule has 8 heteroatoms. The molecule has 2 atom stereocenters. The molecule has 0 amide bonds. The summed E-state index contributed by atoms with van der Waals surface area (Å²) < 4.78 is 50.3. The van der Waals surface area contributed by atoms with E-state index in [0.29, 0.717) is 0 Å². The van der Waals surface area contributed by atoms with Crippen molar-refractivity contribution in [3.63, 3.8) is 0 Å². The van der Waals surface area contributed by atoms with Crippen LogP contribution in [0.1, 0.15) is 12.5 Å². The molecule has 1 aromatic carbocycles. The van der Waals surface area contributed by atoms with Crippen molar-refractivity contribution in [1.82, 2.24) is 4.90 Å². The van der Waals surface area contributed by atoms with E-state index in [1.54, 1.807) is 19.0 Å². The lowest BCUT2D eigenvalue weighted by molar-refractivity contribution is -0.278. The van der Waals surface area contributed by atoms with Crippen LogP contribution >= 0.6 is 0 Å². The lowest BCUT2D eigenvalue weighted by Crippen LogP contribution is -2.53. The highest BCUT2D eigenvalue weighted by Gasteiger charge is 2.64. The maximum absolute atomic E-state index is 13.6. The molecular weight excluding hydrogens is 327 g/mol. The van der Waals surface area contributed by atoms with Gasteiger partial charge >= 0.3 is 12.1 Å². The summed E-state index contributed by atoms with van der Waals surface area (Å²) in [5.74, 6) is -1.62. The van der Waals surface area contributed by atoms with Gasteiger partial charge in [0.2, 0.25) is 0 Å². The van der Waals surface area contributed by atoms with Gasteiger partial charge in [0, 0.05) is 19.2 Å². The third kappa shape index (κ3) is 4.46. The highest BCUT2D eigenvalue weighted by Crippen LogP contribution is 2.43. The van der Waals surface area contributed by atoms with Crippen molar-refractivity contribution < 1.29 is 32.5 Å².